The van der Waals surface area contributed by atoms with E-state index in [9.17, 15) is 14.4 Å². The molecular formula is C25H33N5O3S. The summed E-state index contributed by atoms with van der Waals surface area (Å²) < 4.78 is 2.40. The number of hydrogen-bond acceptors (Lipinski definition) is 6. The number of nitrogens with one attached hydrogen (secondary N) is 1. The van der Waals surface area contributed by atoms with Gasteiger partial charge >= 0.3 is 5.69 Å². The van der Waals surface area contributed by atoms with Crippen molar-refractivity contribution in [3.63, 3.8) is 0 Å². The molecule has 1 amide bonds. The van der Waals surface area contributed by atoms with Crippen LogP contribution in [0.5, 0.6) is 0 Å². The lowest BCUT2D eigenvalue weighted by Crippen LogP contribution is -2.39. The van der Waals surface area contributed by atoms with Gasteiger partial charge in [-0.25, -0.2) is 14.8 Å². The van der Waals surface area contributed by atoms with Gasteiger partial charge in [0, 0.05) is 25.6 Å². The minimum absolute atomic E-state index is 0.00303. The van der Waals surface area contributed by atoms with Crippen LogP contribution in [0.15, 0.2) is 44.9 Å². The third kappa shape index (κ3) is 5.58. The maximum absolute atomic E-state index is 13.0. The Labute approximate surface area is 203 Å². The van der Waals surface area contributed by atoms with Crippen LogP contribution in [0.4, 0.5) is 0 Å². The molecule has 0 saturated carbocycles. The predicted molar refractivity (Wildman–Crippen MR) is 136 cm³/mol. The first kappa shape index (κ1) is 25.7. The van der Waals surface area contributed by atoms with Gasteiger partial charge in [-0.2, -0.15) is 0 Å². The number of thioether (sulfide) groups is 1. The zero-order valence-electron chi connectivity index (χ0n) is 20.9. The molecule has 2 aromatic heterocycles. The first-order valence-corrected chi connectivity index (χ1v) is 12.3. The molecule has 2 atom stereocenters. The Morgan fingerprint density at radius 3 is 2.32 bits per heavy atom. The maximum atomic E-state index is 13.0. The summed E-state index contributed by atoms with van der Waals surface area (Å²) in [5, 5.41) is 3.23. The van der Waals surface area contributed by atoms with Crippen LogP contribution in [-0.2, 0) is 30.7 Å². The van der Waals surface area contributed by atoms with Gasteiger partial charge in [0.2, 0.25) is 5.91 Å². The van der Waals surface area contributed by atoms with E-state index in [0.29, 0.717) is 10.9 Å². The molecule has 8 nitrogen and oxygen atoms in total. The molecule has 2 heterocycles. The van der Waals surface area contributed by atoms with Crippen LogP contribution < -0.4 is 16.6 Å². The summed E-state index contributed by atoms with van der Waals surface area (Å²) in [4.78, 5) is 47.6. The summed E-state index contributed by atoms with van der Waals surface area (Å²) >= 11 is 1.21. The van der Waals surface area contributed by atoms with Crippen LogP contribution in [0.25, 0.3) is 11.0 Å². The highest BCUT2D eigenvalue weighted by Gasteiger charge is 2.26. The van der Waals surface area contributed by atoms with E-state index in [-0.39, 0.29) is 23.0 Å². The van der Waals surface area contributed by atoms with Gasteiger partial charge in [0.15, 0.2) is 5.65 Å². The van der Waals surface area contributed by atoms with E-state index in [0.717, 1.165) is 17.4 Å². The topological polar surface area (TPSA) is 98.9 Å². The van der Waals surface area contributed by atoms with E-state index >= 15 is 0 Å². The molecule has 3 rings (SSSR count). The lowest BCUT2D eigenvalue weighted by Gasteiger charge is -2.21. The second-order valence-electron chi connectivity index (χ2n) is 9.70. The van der Waals surface area contributed by atoms with Gasteiger partial charge in [-0.1, -0.05) is 62.9 Å². The largest absolute Gasteiger partial charge is 0.353 e. The zero-order valence-corrected chi connectivity index (χ0v) is 21.7. The van der Waals surface area contributed by atoms with Gasteiger partial charge in [-0.3, -0.25) is 18.7 Å². The third-order valence-electron chi connectivity index (χ3n) is 5.69. The van der Waals surface area contributed by atoms with Crippen LogP contribution in [-0.4, -0.2) is 36.3 Å². The van der Waals surface area contributed by atoms with E-state index in [4.69, 9.17) is 0 Å². The Balaban J connectivity index is 1.87. The molecule has 0 saturated heterocycles. The molecule has 0 radical (unpaired) electrons. The fraction of sp³-hybridized carbons (Fsp3) is 0.480. The lowest BCUT2D eigenvalue weighted by atomic mass is 9.96. The second kappa shape index (κ2) is 10.1. The number of fused-ring (bicyclic) bond motifs is 1. The first-order chi connectivity index (χ1) is 15.9. The number of nitrogens with zero attached hydrogens (tertiary/aromatic N) is 4. The van der Waals surface area contributed by atoms with Crippen molar-refractivity contribution in [1.82, 2.24) is 24.4 Å². The van der Waals surface area contributed by atoms with Crippen molar-refractivity contribution in [3.8, 4) is 0 Å². The van der Waals surface area contributed by atoms with Gasteiger partial charge in [0.05, 0.1) is 5.25 Å². The van der Waals surface area contributed by atoms with Crippen LogP contribution in [0.1, 0.15) is 52.4 Å². The number of amides is 1. The van der Waals surface area contributed by atoms with Crippen LogP contribution >= 0.6 is 11.8 Å². The highest BCUT2D eigenvalue weighted by Crippen LogP contribution is 2.29. The lowest BCUT2D eigenvalue weighted by molar-refractivity contribution is -0.120. The third-order valence-corrected chi connectivity index (χ3v) is 6.78. The molecule has 0 bridgehead atoms. The predicted octanol–water partition coefficient (Wildman–Crippen LogP) is 2.94. The molecule has 0 fully saturated rings. The normalized spacial score (nSPS) is 13.6. The number of aryl methyl sites for hydroxylation is 2. The monoisotopic (exact) mass is 483 g/mol. The van der Waals surface area contributed by atoms with Gasteiger partial charge in [-0.05, 0) is 32.3 Å². The van der Waals surface area contributed by atoms with Gasteiger partial charge < -0.3 is 5.32 Å². The van der Waals surface area contributed by atoms with Crippen molar-refractivity contribution in [2.24, 2.45) is 14.1 Å². The van der Waals surface area contributed by atoms with Crippen molar-refractivity contribution >= 4 is 28.7 Å². The molecule has 3 aromatic rings. The summed E-state index contributed by atoms with van der Waals surface area (Å²) in [5.74, 6) is 0.380. The number of hydrogen-bond donors (Lipinski definition) is 1. The average Bonchev–Trinajstić information content (AvgIpc) is 2.79. The van der Waals surface area contributed by atoms with Gasteiger partial charge in [0.25, 0.3) is 5.56 Å². The molecule has 0 aliphatic carbocycles. The number of carbonyl (C=O) groups is 1. The minimum Gasteiger partial charge on any atom is -0.353 e. The molecular weight excluding hydrogens is 450 g/mol. The van der Waals surface area contributed by atoms with Crippen molar-refractivity contribution in [3.05, 3.63) is 62.6 Å². The van der Waals surface area contributed by atoms with Crippen molar-refractivity contribution in [1.29, 1.82) is 0 Å². The summed E-state index contributed by atoms with van der Waals surface area (Å²) in [7, 11) is 3.02. The van der Waals surface area contributed by atoms with Gasteiger partial charge in [0.1, 0.15) is 16.2 Å². The maximum Gasteiger partial charge on any atom is 0.332 e. The highest BCUT2D eigenvalue weighted by atomic mass is 32.2. The van der Waals surface area contributed by atoms with E-state index < -0.39 is 21.9 Å². The smallest absolute Gasteiger partial charge is 0.332 e. The van der Waals surface area contributed by atoms with E-state index in [2.05, 4.69) is 27.4 Å². The number of rotatable bonds is 7. The first-order valence-electron chi connectivity index (χ1n) is 11.4. The van der Waals surface area contributed by atoms with E-state index in [1.807, 2.05) is 45.9 Å². The molecule has 1 N–H and O–H groups in total. The Bertz CT molecular complexity index is 1310. The standard InChI is InChI=1S/C25H33N5O3S/c1-15(13-14-17-11-9-8-10-12-17)26-20(31)16(2)34-21-18-19(27-23(28-21)25(3,4)5)29(6)24(33)30(7)22(18)32/h8-12,15-16H,13-14H2,1-7H3,(H,26,31)/t15-,16+/m1/s1. The van der Waals surface area contributed by atoms with Crippen LogP contribution in [0.3, 0.4) is 0 Å². The fourth-order valence-electron chi connectivity index (χ4n) is 3.53. The van der Waals surface area contributed by atoms with Crippen LogP contribution in [0, 0.1) is 0 Å². The zero-order chi connectivity index (χ0) is 25.2. The molecule has 182 valence electrons. The Hall–Kier alpha value is -2.94. The molecule has 0 unspecified atom stereocenters. The second-order valence-corrected chi connectivity index (χ2v) is 11.0. The average molecular weight is 484 g/mol. The summed E-state index contributed by atoms with van der Waals surface area (Å²) in [6.45, 7) is 9.67. The fourth-order valence-corrected chi connectivity index (χ4v) is 4.48. The number of carbonyl (C=O) groups excluding carboxylic acids is 1. The van der Waals surface area contributed by atoms with Gasteiger partial charge in [-0.15, -0.1) is 0 Å². The van der Waals surface area contributed by atoms with Crippen LogP contribution in [0.2, 0.25) is 0 Å². The molecule has 0 aliphatic heterocycles. The Morgan fingerprint density at radius 1 is 1.06 bits per heavy atom. The Morgan fingerprint density at radius 2 is 1.71 bits per heavy atom. The minimum atomic E-state index is -0.493. The molecule has 34 heavy (non-hydrogen) atoms. The molecule has 0 spiro atoms. The van der Waals surface area contributed by atoms with Crippen molar-refractivity contribution < 1.29 is 4.79 Å². The van der Waals surface area contributed by atoms with Crippen molar-refractivity contribution in [2.75, 3.05) is 0 Å². The summed E-state index contributed by atoms with van der Waals surface area (Å²) in [6.07, 6.45) is 1.69. The number of benzene rings is 1. The molecule has 0 aliphatic rings. The van der Waals surface area contributed by atoms with E-state index in [1.165, 1.54) is 28.9 Å². The molecule has 9 heteroatoms. The highest BCUT2D eigenvalue weighted by molar-refractivity contribution is 8.00. The molecule has 1 aromatic carbocycles. The number of aromatic nitrogens is 4. The SMILES string of the molecule is C[C@H](CCc1ccccc1)NC(=O)[C@H](C)Sc1nc(C(C)(C)C)nc2c1c(=O)n(C)c(=O)n2C. The van der Waals surface area contributed by atoms with Crippen molar-refractivity contribution in [2.45, 2.75) is 69.2 Å². The summed E-state index contributed by atoms with van der Waals surface area (Å²) in [6, 6.07) is 10.2. The Kier molecular flexibility index (Phi) is 7.65. The van der Waals surface area contributed by atoms with E-state index in [1.54, 1.807) is 14.0 Å². The quantitative estimate of drug-likeness (QED) is 0.410. The summed E-state index contributed by atoms with van der Waals surface area (Å²) in [5.41, 5.74) is 0.182.